The number of carbonyl (C=O) groups excluding carboxylic acids is 1. The number of rotatable bonds is 3. The summed E-state index contributed by atoms with van der Waals surface area (Å²) >= 11 is 3.35. The zero-order chi connectivity index (χ0) is 13.8. The van der Waals surface area contributed by atoms with Crippen LogP contribution in [0.2, 0.25) is 0 Å². The number of halogens is 1. The van der Waals surface area contributed by atoms with Crippen LogP contribution in [-0.2, 0) is 0 Å². The van der Waals surface area contributed by atoms with Crippen molar-refractivity contribution in [3.63, 3.8) is 0 Å². The lowest BCUT2D eigenvalue weighted by Gasteiger charge is -2.34. The van der Waals surface area contributed by atoms with E-state index in [1.165, 1.54) is 0 Å². The van der Waals surface area contributed by atoms with Crippen LogP contribution in [0.4, 0.5) is 5.69 Å². The van der Waals surface area contributed by atoms with Gasteiger partial charge >= 0.3 is 0 Å². The van der Waals surface area contributed by atoms with Gasteiger partial charge in [-0.1, -0.05) is 22.9 Å². The van der Waals surface area contributed by atoms with E-state index in [4.69, 9.17) is 5.73 Å². The Morgan fingerprint density at radius 3 is 2.58 bits per heavy atom. The van der Waals surface area contributed by atoms with Crippen molar-refractivity contribution in [3.8, 4) is 0 Å². The Hall–Kier alpha value is -1.07. The highest BCUT2D eigenvalue weighted by atomic mass is 79.9. The SMILES string of the molecule is CCCN1CCN(C(=O)c2ccc(Br)cc2N)CC1. The monoisotopic (exact) mass is 325 g/mol. The van der Waals surface area contributed by atoms with E-state index in [2.05, 4.69) is 27.8 Å². The molecule has 2 N–H and O–H groups in total. The minimum absolute atomic E-state index is 0.0427. The maximum Gasteiger partial charge on any atom is 0.256 e. The molecule has 0 aliphatic carbocycles. The molecule has 1 aliphatic heterocycles. The first kappa shape index (κ1) is 14.3. The summed E-state index contributed by atoms with van der Waals surface area (Å²) in [5.41, 5.74) is 7.06. The number of hydrogen-bond acceptors (Lipinski definition) is 3. The Morgan fingerprint density at radius 1 is 1.32 bits per heavy atom. The molecule has 0 saturated carbocycles. The molecule has 19 heavy (non-hydrogen) atoms. The fraction of sp³-hybridized carbons (Fsp3) is 0.500. The van der Waals surface area contributed by atoms with Gasteiger partial charge in [0, 0.05) is 36.3 Å². The third-order valence-electron chi connectivity index (χ3n) is 3.44. The number of amides is 1. The van der Waals surface area contributed by atoms with E-state index < -0.39 is 0 Å². The fourth-order valence-electron chi connectivity index (χ4n) is 2.39. The lowest BCUT2D eigenvalue weighted by atomic mass is 10.1. The molecular formula is C14H20BrN3O. The molecule has 0 atom stereocenters. The minimum Gasteiger partial charge on any atom is -0.398 e. The van der Waals surface area contributed by atoms with Crippen LogP contribution in [0.25, 0.3) is 0 Å². The molecule has 1 saturated heterocycles. The number of anilines is 1. The van der Waals surface area contributed by atoms with E-state index in [0.717, 1.165) is 43.6 Å². The summed E-state index contributed by atoms with van der Waals surface area (Å²) in [5, 5.41) is 0. The topological polar surface area (TPSA) is 49.6 Å². The third kappa shape index (κ3) is 3.48. The van der Waals surface area contributed by atoms with Gasteiger partial charge in [0.2, 0.25) is 0 Å². The van der Waals surface area contributed by atoms with Crippen molar-refractivity contribution < 1.29 is 4.79 Å². The van der Waals surface area contributed by atoms with Crippen LogP contribution in [0, 0.1) is 0 Å². The van der Waals surface area contributed by atoms with Crippen LogP contribution in [0.1, 0.15) is 23.7 Å². The molecule has 1 aromatic carbocycles. The Kier molecular flexibility index (Phi) is 4.82. The Balaban J connectivity index is 2.01. The molecule has 0 spiro atoms. The Morgan fingerprint density at radius 2 is 2.00 bits per heavy atom. The largest absolute Gasteiger partial charge is 0.398 e. The summed E-state index contributed by atoms with van der Waals surface area (Å²) in [5.74, 6) is 0.0427. The van der Waals surface area contributed by atoms with Gasteiger partial charge in [-0.3, -0.25) is 9.69 Å². The van der Waals surface area contributed by atoms with E-state index in [-0.39, 0.29) is 5.91 Å². The number of benzene rings is 1. The highest BCUT2D eigenvalue weighted by molar-refractivity contribution is 9.10. The molecule has 2 rings (SSSR count). The van der Waals surface area contributed by atoms with E-state index >= 15 is 0 Å². The van der Waals surface area contributed by atoms with Gasteiger partial charge in [0.1, 0.15) is 0 Å². The molecule has 0 unspecified atom stereocenters. The van der Waals surface area contributed by atoms with Crippen molar-refractivity contribution in [3.05, 3.63) is 28.2 Å². The lowest BCUT2D eigenvalue weighted by molar-refractivity contribution is 0.0638. The van der Waals surface area contributed by atoms with Crippen LogP contribution >= 0.6 is 15.9 Å². The number of nitrogens with two attached hydrogens (primary N) is 1. The zero-order valence-electron chi connectivity index (χ0n) is 11.2. The van der Waals surface area contributed by atoms with Gasteiger partial charge in [0.15, 0.2) is 0 Å². The predicted octanol–water partition coefficient (Wildman–Crippen LogP) is 2.20. The molecular weight excluding hydrogens is 306 g/mol. The molecule has 4 nitrogen and oxygen atoms in total. The first-order valence-electron chi connectivity index (χ1n) is 6.68. The van der Waals surface area contributed by atoms with Gasteiger partial charge in [-0.25, -0.2) is 0 Å². The maximum absolute atomic E-state index is 12.4. The quantitative estimate of drug-likeness (QED) is 0.867. The van der Waals surface area contributed by atoms with Crippen molar-refractivity contribution >= 4 is 27.5 Å². The van der Waals surface area contributed by atoms with E-state index in [0.29, 0.717) is 11.3 Å². The summed E-state index contributed by atoms with van der Waals surface area (Å²) < 4.78 is 0.898. The number of hydrogen-bond donors (Lipinski definition) is 1. The normalized spacial score (nSPS) is 16.6. The third-order valence-corrected chi connectivity index (χ3v) is 3.94. The molecule has 5 heteroatoms. The highest BCUT2D eigenvalue weighted by Gasteiger charge is 2.22. The second-order valence-electron chi connectivity index (χ2n) is 4.87. The van der Waals surface area contributed by atoms with Crippen molar-refractivity contribution in [1.29, 1.82) is 0 Å². The van der Waals surface area contributed by atoms with E-state index in [1.807, 2.05) is 11.0 Å². The number of nitrogens with zero attached hydrogens (tertiary/aromatic N) is 2. The summed E-state index contributed by atoms with van der Waals surface area (Å²) in [7, 11) is 0. The standard InChI is InChI=1S/C14H20BrN3O/c1-2-5-17-6-8-18(9-7-17)14(19)12-4-3-11(15)10-13(12)16/h3-4,10H,2,5-9,16H2,1H3. The van der Waals surface area contributed by atoms with Crippen molar-refractivity contribution in [1.82, 2.24) is 9.80 Å². The van der Waals surface area contributed by atoms with Gasteiger partial charge in [-0.15, -0.1) is 0 Å². The van der Waals surface area contributed by atoms with Crippen LogP contribution in [-0.4, -0.2) is 48.4 Å². The summed E-state index contributed by atoms with van der Waals surface area (Å²) in [6, 6.07) is 5.43. The number of carbonyl (C=O) groups is 1. The average Bonchev–Trinajstić information content (AvgIpc) is 2.39. The van der Waals surface area contributed by atoms with Crippen LogP contribution in [0.5, 0.6) is 0 Å². The maximum atomic E-state index is 12.4. The smallest absolute Gasteiger partial charge is 0.256 e. The molecule has 1 amide bonds. The van der Waals surface area contributed by atoms with Crippen molar-refractivity contribution in [2.24, 2.45) is 0 Å². The summed E-state index contributed by atoms with van der Waals surface area (Å²) in [6.07, 6.45) is 1.16. The van der Waals surface area contributed by atoms with Gasteiger partial charge in [0.25, 0.3) is 5.91 Å². The molecule has 0 aromatic heterocycles. The summed E-state index contributed by atoms with van der Waals surface area (Å²) in [6.45, 7) is 6.78. The Bertz CT molecular complexity index is 456. The first-order chi connectivity index (χ1) is 9.11. The first-order valence-corrected chi connectivity index (χ1v) is 7.47. The van der Waals surface area contributed by atoms with E-state index in [9.17, 15) is 4.79 Å². The molecule has 1 aromatic rings. The predicted molar refractivity (Wildman–Crippen MR) is 81.2 cm³/mol. The second kappa shape index (κ2) is 6.39. The molecule has 1 aliphatic rings. The molecule has 104 valence electrons. The van der Waals surface area contributed by atoms with Crippen LogP contribution in [0.3, 0.4) is 0 Å². The number of piperazine rings is 1. The van der Waals surface area contributed by atoms with Crippen LogP contribution in [0.15, 0.2) is 22.7 Å². The average molecular weight is 326 g/mol. The number of nitrogen functional groups attached to an aromatic ring is 1. The van der Waals surface area contributed by atoms with E-state index in [1.54, 1.807) is 12.1 Å². The van der Waals surface area contributed by atoms with Crippen molar-refractivity contribution in [2.75, 3.05) is 38.5 Å². The lowest BCUT2D eigenvalue weighted by Crippen LogP contribution is -2.48. The van der Waals surface area contributed by atoms with Crippen LogP contribution < -0.4 is 5.73 Å². The molecule has 0 bridgehead atoms. The zero-order valence-corrected chi connectivity index (χ0v) is 12.8. The van der Waals surface area contributed by atoms with Gasteiger partial charge in [0.05, 0.1) is 5.56 Å². The summed E-state index contributed by atoms with van der Waals surface area (Å²) in [4.78, 5) is 16.7. The fourth-order valence-corrected chi connectivity index (χ4v) is 2.77. The molecule has 0 radical (unpaired) electrons. The highest BCUT2D eigenvalue weighted by Crippen LogP contribution is 2.20. The van der Waals surface area contributed by atoms with Gasteiger partial charge in [-0.2, -0.15) is 0 Å². The van der Waals surface area contributed by atoms with Gasteiger partial charge < -0.3 is 10.6 Å². The minimum atomic E-state index is 0.0427. The Labute approximate surface area is 122 Å². The molecule has 1 fully saturated rings. The van der Waals surface area contributed by atoms with Crippen molar-refractivity contribution in [2.45, 2.75) is 13.3 Å². The second-order valence-corrected chi connectivity index (χ2v) is 5.78. The molecule has 1 heterocycles. The van der Waals surface area contributed by atoms with Gasteiger partial charge in [-0.05, 0) is 31.2 Å².